The number of likely N-dealkylation sites (tertiary alicyclic amines) is 1. The molecule has 1 aromatic rings. The molecule has 210 valence electrons. The molecule has 10 heteroatoms. The third-order valence-electron chi connectivity index (χ3n) is 6.27. The first kappa shape index (κ1) is 29.3. The molecule has 0 radical (unpaired) electrons. The Balaban J connectivity index is 1.69. The number of fused-ring (bicyclic) bond motifs is 1. The predicted molar refractivity (Wildman–Crippen MR) is 147 cm³/mol. The minimum atomic E-state index is -0.782. The summed E-state index contributed by atoms with van der Waals surface area (Å²) in [6.45, 7) is 15.9. The lowest BCUT2D eigenvalue weighted by molar-refractivity contribution is 0.0553. The minimum absolute atomic E-state index is 0.0960. The van der Waals surface area contributed by atoms with E-state index in [1.54, 1.807) is 41.5 Å². The third-order valence-corrected chi connectivity index (χ3v) is 6.27. The van der Waals surface area contributed by atoms with Crippen molar-refractivity contribution in [3.63, 3.8) is 0 Å². The fourth-order valence-corrected chi connectivity index (χ4v) is 4.40. The van der Waals surface area contributed by atoms with E-state index in [2.05, 4.69) is 21.3 Å². The zero-order valence-electron chi connectivity index (χ0n) is 23.8. The van der Waals surface area contributed by atoms with E-state index in [1.165, 1.54) is 5.56 Å². The van der Waals surface area contributed by atoms with E-state index in [9.17, 15) is 9.59 Å². The zero-order valence-corrected chi connectivity index (χ0v) is 23.8. The van der Waals surface area contributed by atoms with Gasteiger partial charge in [-0.05, 0) is 96.9 Å². The van der Waals surface area contributed by atoms with Gasteiger partial charge in [0.2, 0.25) is 5.96 Å². The van der Waals surface area contributed by atoms with E-state index in [0.29, 0.717) is 31.4 Å². The number of guanidine groups is 1. The summed E-state index contributed by atoms with van der Waals surface area (Å²) in [6.07, 6.45) is 1.27. The number of benzene rings is 1. The molecule has 2 aliphatic rings. The molecular weight excluding hydrogens is 486 g/mol. The molecule has 1 aromatic carbocycles. The molecule has 2 heterocycles. The van der Waals surface area contributed by atoms with Crippen molar-refractivity contribution in [2.45, 2.75) is 85.5 Å². The summed E-state index contributed by atoms with van der Waals surface area (Å²) in [5.41, 5.74) is 0.826. The van der Waals surface area contributed by atoms with E-state index < -0.39 is 23.4 Å². The van der Waals surface area contributed by atoms with Crippen molar-refractivity contribution in [2.75, 3.05) is 26.2 Å². The third kappa shape index (κ3) is 9.22. The highest BCUT2D eigenvalue weighted by Crippen LogP contribution is 2.26. The second-order valence-electron chi connectivity index (χ2n) is 12.0. The molecule has 38 heavy (non-hydrogen) atoms. The highest BCUT2D eigenvalue weighted by molar-refractivity contribution is 5.99. The Bertz CT molecular complexity index is 1050. The maximum atomic E-state index is 12.5. The molecule has 1 fully saturated rings. The number of hydrogen-bond donors (Lipinski definition) is 2. The number of alkyl carbamates (subject to hydrolysis) is 1. The van der Waals surface area contributed by atoms with Gasteiger partial charge < -0.3 is 24.0 Å². The number of nitrogens with zero attached hydrogens (tertiary/aromatic N) is 3. The summed E-state index contributed by atoms with van der Waals surface area (Å²) >= 11 is 0. The highest BCUT2D eigenvalue weighted by Gasteiger charge is 2.26. The number of piperidine rings is 1. The van der Waals surface area contributed by atoms with Gasteiger partial charge in [0.05, 0.1) is 12.4 Å². The van der Waals surface area contributed by atoms with Crippen LogP contribution in [0.1, 0.15) is 72.4 Å². The van der Waals surface area contributed by atoms with Crippen LogP contribution < -0.4 is 10.1 Å². The van der Waals surface area contributed by atoms with E-state index in [1.807, 2.05) is 24.0 Å². The van der Waals surface area contributed by atoms with E-state index >= 15 is 0 Å². The van der Waals surface area contributed by atoms with Crippen molar-refractivity contribution in [3.05, 3.63) is 29.3 Å². The Morgan fingerprint density at radius 2 is 1.66 bits per heavy atom. The van der Waals surface area contributed by atoms with E-state index in [-0.39, 0.29) is 5.96 Å². The van der Waals surface area contributed by atoms with Gasteiger partial charge in [-0.25, -0.2) is 9.59 Å². The fraction of sp³-hybridized carbons (Fsp3) is 0.643. The summed E-state index contributed by atoms with van der Waals surface area (Å²) in [6, 6.07) is 6.10. The van der Waals surface area contributed by atoms with Crippen LogP contribution in [0.3, 0.4) is 0 Å². The van der Waals surface area contributed by atoms with Gasteiger partial charge in [-0.2, -0.15) is 0 Å². The Kier molecular flexibility index (Phi) is 9.27. The van der Waals surface area contributed by atoms with Crippen LogP contribution in [0.25, 0.3) is 0 Å². The molecule has 2 amide bonds. The molecule has 10 nitrogen and oxygen atoms in total. The summed E-state index contributed by atoms with van der Waals surface area (Å²) < 4.78 is 16.9. The largest absolute Gasteiger partial charge is 0.493 e. The van der Waals surface area contributed by atoms with Gasteiger partial charge in [-0.3, -0.25) is 10.7 Å². The monoisotopic (exact) mass is 529 g/mol. The first-order valence-corrected chi connectivity index (χ1v) is 13.3. The van der Waals surface area contributed by atoms with Crippen molar-refractivity contribution in [1.82, 2.24) is 15.1 Å². The topological polar surface area (TPSA) is 117 Å². The lowest BCUT2D eigenvalue weighted by Gasteiger charge is -2.33. The number of nitrogens with one attached hydrogen (secondary N) is 2. The Morgan fingerprint density at radius 1 is 1.00 bits per heavy atom. The van der Waals surface area contributed by atoms with Crippen molar-refractivity contribution in [3.8, 4) is 5.75 Å². The number of ether oxygens (including phenoxy) is 3. The summed E-state index contributed by atoms with van der Waals surface area (Å²) in [7, 11) is 0. The molecule has 0 saturated carbocycles. The number of amidine groups is 1. The van der Waals surface area contributed by atoms with Crippen molar-refractivity contribution in [1.29, 1.82) is 5.41 Å². The van der Waals surface area contributed by atoms with Gasteiger partial charge in [0, 0.05) is 26.2 Å². The SMILES string of the molecule is CC(=N)N1CCC(COc2ccc3c(c2)CN(/C(=N/C(=O)OC(C)(C)C)NC(=O)OC(C)(C)C)CC3)CC1. The van der Waals surface area contributed by atoms with Crippen LogP contribution in [-0.2, 0) is 22.4 Å². The van der Waals surface area contributed by atoms with Gasteiger partial charge in [0.25, 0.3) is 0 Å². The van der Waals surface area contributed by atoms with Gasteiger partial charge >= 0.3 is 12.2 Å². The minimum Gasteiger partial charge on any atom is -0.493 e. The van der Waals surface area contributed by atoms with Crippen LogP contribution in [0, 0.1) is 11.3 Å². The molecule has 0 aliphatic carbocycles. The van der Waals surface area contributed by atoms with Crippen LogP contribution in [0.4, 0.5) is 9.59 Å². The smallest absolute Gasteiger partial charge is 0.437 e. The predicted octanol–water partition coefficient (Wildman–Crippen LogP) is 4.95. The number of amides is 2. The van der Waals surface area contributed by atoms with Crippen molar-refractivity contribution >= 4 is 24.0 Å². The van der Waals surface area contributed by atoms with Gasteiger partial charge in [-0.15, -0.1) is 4.99 Å². The summed E-state index contributed by atoms with van der Waals surface area (Å²) in [5, 5.41) is 10.5. The standard InChI is InChI=1S/C28H43N5O5/c1-19(29)32-13-10-20(11-14-32)18-36-23-9-8-21-12-15-33(17-22(21)16-23)24(30-25(34)37-27(2,3)4)31-26(35)38-28(5,6)7/h8-9,16,20,29H,10-15,17-18H2,1-7H3,(H,30,31,34,35). The van der Waals surface area contributed by atoms with Crippen LogP contribution in [0.5, 0.6) is 5.75 Å². The number of hydrogen-bond acceptors (Lipinski definition) is 6. The molecule has 0 atom stereocenters. The lowest BCUT2D eigenvalue weighted by atomic mass is 9.97. The first-order chi connectivity index (χ1) is 17.7. The molecule has 0 unspecified atom stereocenters. The van der Waals surface area contributed by atoms with Crippen LogP contribution >= 0.6 is 0 Å². The molecule has 2 aliphatic heterocycles. The van der Waals surface area contributed by atoms with E-state index in [4.69, 9.17) is 19.6 Å². The van der Waals surface area contributed by atoms with Gasteiger partial charge in [0.1, 0.15) is 17.0 Å². The average molecular weight is 530 g/mol. The van der Waals surface area contributed by atoms with Crippen LogP contribution in [0.2, 0.25) is 0 Å². The van der Waals surface area contributed by atoms with Gasteiger partial charge in [0.15, 0.2) is 0 Å². The second kappa shape index (κ2) is 12.0. The van der Waals surface area contributed by atoms with E-state index in [0.717, 1.165) is 43.7 Å². The average Bonchev–Trinajstić information content (AvgIpc) is 2.79. The molecule has 1 saturated heterocycles. The Hall–Kier alpha value is -3.30. The van der Waals surface area contributed by atoms with Crippen molar-refractivity contribution in [2.24, 2.45) is 10.9 Å². The first-order valence-electron chi connectivity index (χ1n) is 13.3. The summed E-state index contributed by atoms with van der Waals surface area (Å²) in [4.78, 5) is 33.1. The number of carbonyl (C=O) groups excluding carboxylic acids is 2. The normalized spacial score (nSPS) is 17.0. The maximum Gasteiger partial charge on any atom is 0.437 e. The zero-order chi connectivity index (χ0) is 28.1. The summed E-state index contributed by atoms with van der Waals surface area (Å²) in [5.74, 6) is 1.98. The fourth-order valence-electron chi connectivity index (χ4n) is 4.40. The molecule has 0 bridgehead atoms. The molecule has 0 spiro atoms. The van der Waals surface area contributed by atoms with Crippen LogP contribution in [-0.4, -0.2) is 71.2 Å². The maximum absolute atomic E-state index is 12.5. The van der Waals surface area contributed by atoms with Crippen LogP contribution in [0.15, 0.2) is 23.2 Å². The molecular formula is C28H43N5O5. The Labute approximate surface area is 226 Å². The quantitative estimate of drug-likeness (QED) is 0.420. The second-order valence-corrected chi connectivity index (χ2v) is 12.0. The van der Waals surface area contributed by atoms with Crippen molar-refractivity contribution < 1.29 is 23.8 Å². The van der Waals surface area contributed by atoms with Gasteiger partial charge in [-0.1, -0.05) is 6.07 Å². The molecule has 2 N–H and O–H groups in total. The highest BCUT2D eigenvalue weighted by atomic mass is 16.6. The number of aliphatic imine (C=N–C) groups is 1. The molecule has 3 rings (SSSR count). The molecule has 0 aromatic heterocycles. The lowest BCUT2D eigenvalue weighted by Crippen LogP contribution is -2.48. The number of rotatable bonds is 3. The number of carbonyl (C=O) groups is 2. The Morgan fingerprint density at radius 3 is 2.26 bits per heavy atom.